The van der Waals surface area contributed by atoms with E-state index in [0.717, 1.165) is 38.2 Å². The monoisotopic (exact) mass is 304 g/mol. The van der Waals surface area contributed by atoms with Crippen LogP contribution in [0.5, 0.6) is 0 Å². The molecule has 1 N–H and O–H groups in total. The van der Waals surface area contributed by atoms with E-state index in [0.29, 0.717) is 12.1 Å². The smallest absolute Gasteiger partial charge is 0.0951 e. The van der Waals surface area contributed by atoms with Crippen molar-refractivity contribution in [3.8, 4) is 0 Å². The predicted octanol–water partition coefficient (Wildman–Crippen LogP) is 1.69. The van der Waals surface area contributed by atoms with Crippen molar-refractivity contribution in [2.75, 3.05) is 33.4 Å². The highest BCUT2D eigenvalue weighted by Gasteiger charge is 2.39. The summed E-state index contributed by atoms with van der Waals surface area (Å²) >= 11 is 0. The van der Waals surface area contributed by atoms with E-state index in [4.69, 9.17) is 4.74 Å². The summed E-state index contributed by atoms with van der Waals surface area (Å²) < 4.78 is 5.23. The zero-order valence-corrected chi connectivity index (χ0v) is 13.9. The number of benzene rings is 1. The average Bonchev–Trinajstić information content (AvgIpc) is 2.84. The van der Waals surface area contributed by atoms with Gasteiger partial charge in [-0.1, -0.05) is 24.3 Å². The van der Waals surface area contributed by atoms with Crippen LogP contribution in [0.1, 0.15) is 31.1 Å². The summed E-state index contributed by atoms with van der Waals surface area (Å²) in [6.07, 6.45) is 0.621. The van der Waals surface area contributed by atoms with Crippen molar-refractivity contribution in [2.45, 2.75) is 44.5 Å². The molecule has 1 aliphatic heterocycles. The Labute approximate surface area is 133 Å². The van der Waals surface area contributed by atoms with Gasteiger partial charge in [0.25, 0.3) is 0 Å². The summed E-state index contributed by atoms with van der Waals surface area (Å²) in [6, 6.07) is 9.54. The van der Waals surface area contributed by atoms with Crippen molar-refractivity contribution >= 4 is 0 Å². The molecule has 1 aromatic rings. The predicted molar refractivity (Wildman–Crippen MR) is 88.0 cm³/mol. The molecule has 1 aliphatic carbocycles. The fourth-order valence-corrected chi connectivity index (χ4v) is 4.19. The molecule has 0 amide bonds. The zero-order chi connectivity index (χ0) is 15.7. The van der Waals surface area contributed by atoms with Crippen LogP contribution in [0, 0.1) is 0 Å². The van der Waals surface area contributed by atoms with Gasteiger partial charge < -0.3 is 9.84 Å². The number of hydrogen-bond donors (Lipinski definition) is 1. The summed E-state index contributed by atoms with van der Waals surface area (Å²) in [6.45, 7) is 8.37. The fraction of sp³-hybridized carbons (Fsp3) is 0.667. The van der Waals surface area contributed by atoms with Crippen molar-refractivity contribution < 1.29 is 9.84 Å². The number of nitrogens with zero attached hydrogens (tertiary/aromatic N) is 2. The maximum atomic E-state index is 10.7. The van der Waals surface area contributed by atoms with E-state index >= 15 is 0 Å². The molecule has 122 valence electrons. The standard InChI is InChI=1S/C18H28N2O2/c1-13-11-19(12-14(2)20(13)8-9-22-3)17-10-15-6-4-5-7-16(15)18(17)21/h4-7,13-14,17-18,21H,8-12H2,1-3H3. The van der Waals surface area contributed by atoms with E-state index in [-0.39, 0.29) is 12.1 Å². The summed E-state index contributed by atoms with van der Waals surface area (Å²) in [4.78, 5) is 5.01. The van der Waals surface area contributed by atoms with Crippen molar-refractivity contribution in [1.29, 1.82) is 0 Å². The summed E-state index contributed by atoms with van der Waals surface area (Å²) in [7, 11) is 1.76. The van der Waals surface area contributed by atoms with Gasteiger partial charge in [-0.25, -0.2) is 0 Å². The number of aliphatic hydroxyl groups is 1. The average molecular weight is 304 g/mol. The van der Waals surface area contributed by atoms with Gasteiger partial charge in [-0.05, 0) is 31.4 Å². The Morgan fingerprint density at radius 1 is 1.18 bits per heavy atom. The number of rotatable bonds is 4. The molecule has 2 aliphatic rings. The molecule has 4 heteroatoms. The lowest BCUT2D eigenvalue weighted by atomic mass is 10.0. The maximum Gasteiger partial charge on any atom is 0.0951 e. The third-order valence-corrected chi connectivity index (χ3v) is 5.32. The number of methoxy groups -OCH3 is 1. The van der Waals surface area contributed by atoms with Crippen LogP contribution in [0.4, 0.5) is 0 Å². The topological polar surface area (TPSA) is 35.9 Å². The molecule has 22 heavy (non-hydrogen) atoms. The van der Waals surface area contributed by atoms with Gasteiger partial charge >= 0.3 is 0 Å². The second-order valence-corrected chi connectivity index (χ2v) is 6.80. The second kappa shape index (κ2) is 6.67. The van der Waals surface area contributed by atoms with Gasteiger partial charge in [0.2, 0.25) is 0 Å². The first-order valence-corrected chi connectivity index (χ1v) is 8.36. The Kier molecular flexibility index (Phi) is 4.83. The van der Waals surface area contributed by atoms with E-state index in [1.807, 2.05) is 6.07 Å². The molecular formula is C18H28N2O2. The SMILES string of the molecule is COCCN1C(C)CN(C2Cc3ccccc3C2O)CC1C. The molecular weight excluding hydrogens is 276 g/mol. The minimum absolute atomic E-state index is 0.229. The van der Waals surface area contributed by atoms with Crippen LogP contribution >= 0.6 is 0 Å². The quantitative estimate of drug-likeness (QED) is 0.918. The van der Waals surface area contributed by atoms with Crippen molar-refractivity contribution in [3.05, 3.63) is 35.4 Å². The molecule has 1 aromatic carbocycles. The molecule has 3 rings (SSSR count). The van der Waals surface area contributed by atoms with Crippen LogP contribution in [-0.2, 0) is 11.2 Å². The molecule has 4 unspecified atom stereocenters. The normalized spacial score (nSPS) is 33.1. The molecule has 0 radical (unpaired) electrons. The molecule has 0 bridgehead atoms. The Morgan fingerprint density at radius 3 is 2.50 bits per heavy atom. The van der Waals surface area contributed by atoms with Gasteiger partial charge in [0.05, 0.1) is 12.7 Å². The summed E-state index contributed by atoms with van der Waals surface area (Å²) in [5.41, 5.74) is 2.43. The van der Waals surface area contributed by atoms with Crippen LogP contribution in [0.3, 0.4) is 0 Å². The molecule has 1 fully saturated rings. The van der Waals surface area contributed by atoms with Crippen LogP contribution in [0.15, 0.2) is 24.3 Å². The van der Waals surface area contributed by atoms with Crippen LogP contribution in [0.25, 0.3) is 0 Å². The molecule has 0 spiro atoms. The third kappa shape index (κ3) is 2.93. The minimum atomic E-state index is -0.346. The molecule has 0 aromatic heterocycles. The third-order valence-electron chi connectivity index (χ3n) is 5.32. The van der Waals surface area contributed by atoms with Gasteiger partial charge in [-0.3, -0.25) is 9.80 Å². The Morgan fingerprint density at radius 2 is 1.86 bits per heavy atom. The lowest BCUT2D eigenvalue weighted by Crippen LogP contribution is -2.60. The molecule has 1 heterocycles. The minimum Gasteiger partial charge on any atom is -0.387 e. The fourth-order valence-electron chi connectivity index (χ4n) is 4.19. The Hall–Kier alpha value is -0.940. The van der Waals surface area contributed by atoms with Crippen LogP contribution < -0.4 is 0 Å². The molecule has 4 atom stereocenters. The second-order valence-electron chi connectivity index (χ2n) is 6.80. The van der Waals surface area contributed by atoms with E-state index < -0.39 is 0 Å². The van der Waals surface area contributed by atoms with Crippen molar-refractivity contribution in [2.24, 2.45) is 0 Å². The van der Waals surface area contributed by atoms with E-state index in [1.54, 1.807) is 7.11 Å². The molecule has 4 nitrogen and oxygen atoms in total. The molecule has 0 saturated carbocycles. The highest BCUT2D eigenvalue weighted by molar-refractivity contribution is 5.36. The lowest BCUT2D eigenvalue weighted by Gasteiger charge is -2.47. The van der Waals surface area contributed by atoms with Gasteiger partial charge in [-0.15, -0.1) is 0 Å². The number of ether oxygens (including phenoxy) is 1. The van der Waals surface area contributed by atoms with Gasteiger partial charge in [0.1, 0.15) is 0 Å². The molecule has 1 saturated heterocycles. The first-order valence-electron chi connectivity index (χ1n) is 8.36. The Balaban J connectivity index is 1.68. The number of aliphatic hydroxyl groups excluding tert-OH is 1. The van der Waals surface area contributed by atoms with Crippen molar-refractivity contribution in [1.82, 2.24) is 9.80 Å². The Bertz CT molecular complexity index is 496. The van der Waals surface area contributed by atoms with E-state index in [9.17, 15) is 5.11 Å². The van der Waals surface area contributed by atoms with Crippen molar-refractivity contribution in [3.63, 3.8) is 0 Å². The number of piperazine rings is 1. The van der Waals surface area contributed by atoms with E-state index in [2.05, 4.69) is 41.8 Å². The van der Waals surface area contributed by atoms with Gasteiger partial charge in [0.15, 0.2) is 0 Å². The van der Waals surface area contributed by atoms with E-state index in [1.165, 1.54) is 5.56 Å². The first kappa shape index (κ1) is 15.9. The lowest BCUT2D eigenvalue weighted by molar-refractivity contribution is -0.0250. The van der Waals surface area contributed by atoms with Crippen LogP contribution in [0.2, 0.25) is 0 Å². The summed E-state index contributed by atoms with van der Waals surface area (Å²) in [5.74, 6) is 0. The summed E-state index contributed by atoms with van der Waals surface area (Å²) in [5, 5.41) is 10.7. The zero-order valence-electron chi connectivity index (χ0n) is 13.9. The number of fused-ring (bicyclic) bond motifs is 1. The van der Waals surface area contributed by atoms with Gasteiger partial charge in [-0.2, -0.15) is 0 Å². The highest BCUT2D eigenvalue weighted by atomic mass is 16.5. The largest absolute Gasteiger partial charge is 0.387 e. The highest BCUT2D eigenvalue weighted by Crippen LogP contribution is 2.35. The van der Waals surface area contributed by atoms with Crippen LogP contribution in [-0.4, -0.2) is 66.4 Å². The van der Waals surface area contributed by atoms with Gasteiger partial charge in [0, 0.05) is 44.9 Å². The number of hydrogen-bond acceptors (Lipinski definition) is 4. The maximum absolute atomic E-state index is 10.7. The first-order chi connectivity index (χ1) is 10.6.